The molecule has 0 aliphatic carbocycles. The second kappa shape index (κ2) is 6.88. The van der Waals surface area contributed by atoms with Gasteiger partial charge in [0.25, 0.3) is 5.56 Å². The van der Waals surface area contributed by atoms with Gasteiger partial charge >= 0.3 is 0 Å². The number of aliphatic hydroxyl groups is 3. The van der Waals surface area contributed by atoms with Crippen LogP contribution in [0.3, 0.4) is 0 Å². The molecule has 27 heavy (non-hydrogen) atoms. The van der Waals surface area contributed by atoms with E-state index >= 15 is 0 Å². The summed E-state index contributed by atoms with van der Waals surface area (Å²) in [5.74, 6) is 0.342. The van der Waals surface area contributed by atoms with Gasteiger partial charge in [-0.1, -0.05) is 0 Å². The highest BCUT2D eigenvalue weighted by Gasteiger charge is 2.45. The van der Waals surface area contributed by atoms with E-state index < -0.39 is 36.7 Å². The molecule has 2 aliphatic heterocycles. The number of imidazole rings is 1. The number of carbonyl (C=O) groups excluding carboxylic acids is 1. The van der Waals surface area contributed by atoms with Gasteiger partial charge in [0.2, 0.25) is 12.4 Å². The monoisotopic (exact) mass is 380 g/mol. The number of H-pyrrole nitrogens is 1. The number of aliphatic hydroxyl groups excluding tert-OH is 3. The van der Waals surface area contributed by atoms with Crippen molar-refractivity contribution in [2.24, 2.45) is 0 Å². The Morgan fingerprint density at radius 1 is 1.26 bits per heavy atom. The third-order valence-corrected chi connectivity index (χ3v) is 4.98. The SMILES string of the molecule is O=CN1CCN(c2nc3c(=O)[nH]cnc3n2[C@@H]2O[C@H](CO)[C@@H](O)[C@@H]2O)CC1. The Balaban J connectivity index is 1.80. The van der Waals surface area contributed by atoms with Crippen LogP contribution in [0.4, 0.5) is 5.95 Å². The number of anilines is 1. The third kappa shape index (κ3) is 2.86. The first kappa shape index (κ1) is 17.9. The number of piperazine rings is 1. The van der Waals surface area contributed by atoms with Crippen LogP contribution in [-0.4, -0.2) is 97.2 Å². The first-order valence-corrected chi connectivity index (χ1v) is 8.57. The lowest BCUT2D eigenvalue weighted by atomic mass is 10.1. The van der Waals surface area contributed by atoms with Crippen molar-refractivity contribution in [1.82, 2.24) is 24.4 Å². The maximum absolute atomic E-state index is 12.2. The fourth-order valence-electron chi connectivity index (χ4n) is 3.49. The van der Waals surface area contributed by atoms with Crippen LogP contribution in [0.25, 0.3) is 11.2 Å². The Bertz CT molecular complexity index is 891. The van der Waals surface area contributed by atoms with E-state index in [1.807, 2.05) is 4.90 Å². The Labute approximate surface area is 152 Å². The highest BCUT2D eigenvalue weighted by molar-refractivity contribution is 5.74. The summed E-state index contributed by atoms with van der Waals surface area (Å²) < 4.78 is 7.09. The number of aromatic nitrogens is 4. The van der Waals surface area contributed by atoms with Crippen LogP contribution in [-0.2, 0) is 9.53 Å². The summed E-state index contributed by atoms with van der Waals surface area (Å²) >= 11 is 0. The zero-order valence-electron chi connectivity index (χ0n) is 14.3. The number of fused-ring (bicyclic) bond motifs is 1. The average Bonchev–Trinajstić information content (AvgIpc) is 3.21. The summed E-state index contributed by atoms with van der Waals surface area (Å²) in [6, 6.07) is 0. The molecule has 4 N–H and O–H groups in total. The van der Waals surface area contributed by atoms with E-state index in [1.54, 1.807) is 4.90 Å². The first-order chi connectivity index (χ1) is 13.0. The molecule has 4 heterocycles. The highest BCUT2D eigenvalue weighted by Crippen LogP contribution is 2.35. The maximum Gasteiger partial charge on any atom is 0.278 e. The van der Waals surface area contributed by atoms with Crippen LogP contribution in [0.2, 0.25) is 0 Å². The lowest BCUT2D eigenvalue weighted by Crippen LogP contribution is -2.47. The van der Waals surface area contributed by atoms with Crippen LogP contribution >= 0.6 is 0 Å². The van der Waals surface area contributed by atoms with E-state index in [2.05, 4.69) is 15.0 Å². The summed E-state index contributed by atoms with van der Waals surface area (Å²) in [6.45, 7) is 1.42. The third-order valence-electron chi connectivity index (χ3n) is 4.98. The summed E-state index contributed by atoms with van der Waals surface area (Å²) in [4.78, 5) is 37.6. The molecule has 0 saturated carbocycles. The lowest BCUT2D eigenvalue weighted by Gasteiger charge is -2.34. The van der Waals surface area contributed by atoms with Gasteiger partial charge < -0.3 is 34.8 Å². The van der Waals surface area contributed by atoms with Crippen LogP contribution in [0.5, 0.6) is 0 Å². The number of nitrogens with one attached hydrogen (secondary N) is 1. The Kier molecular flexibility index (Phi) is 4.55. The minimum atomic E-state index is -1.34. The molecule has 0 unspecified atom stereocenters. The number of amides is 1. The summed E-state index contributed by atoms with van der Waals surface area (Å²) in [7, 11) is 0. The number of ether oxygens (including phenoxy) is 1. The van der Waals surface area contributed by atoms with Gasteiger partial charge in [0, 0.05) is 26.2 Å². The van der Waals surface area contributed by atoms with Gasteiger partial charge in [-0.2, -0.15) is 0 Å². The standard InChI is InChI=1S/C15H20N6O6/c22-5-8-10(24)11(25)14(27-8)21-12-9(13(26)17-6-16-12)18-15(21)20-3-1-19(7-23)2-4-20/h6-8,10-11,14,22,24-25H,1-5H2,(H,16,17,26)/t8-,10-,11+,14-/m1/s1. The predicted molar refractivity (Wildman–Crippen MR) is 91.0 cm³/mol. The second-order valence-electron chi connectivity index (χ2n) is 6.54. The molecule has 2 aliphatic rings. The van der Waals surface area contributed by atoms with Crippen molar-refractivity contribution < 1.29 is 24.9 Å². The Morgan fingerprint density at radius 2 is 2.00 bits per heavy atom. The van der Waals surface area contributed by atoms with Crippen LogP contribution in [0.15, 0.2) is 11.1 Å². The van der Waals surface area contributed by atoms with Crippen molar-refractivity contribution >= 4 is 23.5 Å². The molecular formula is C15H20N6O6. The summed E-state index contributed by atoms with van der Waals surface area (Å²) in [5, 5.41) is 29.9. The zero-order valence-corrected chi connectivity index (χ0v) is 14.3. The number of hydrogen-bond acceptors (Lipinski definition) is 9. The van der Waals surface area contributed by atoms with E-state index in [1.165, 1.54) is 10.9 Å². The van der Waals surface area contributed by atoms with E-state index in [-0.39, 0.29) is 11.2 Å². The molecule has 12 nitrogen and oxygen atoms in total. The average molecular weight is 380 g/mol. The van der Waals surface area contributed by atoms with Crippen LogP contribution < -0.4 is 10.5 Å². The molecule has 2 saturated heterocycles. The van der Waals surface area contributed by atoms with Gasteiger partial charge in [-0.3, -0.25) is 14.2 Å². The van der Waals surface area contributed by atoms with E-state index in [0.717, 1.165) is 6.41 Å². The van der Waals surface area contributed by atoms with Gasteiger partial charge in [-0.25, -0.2) is 9.97 Å². The molecule has 146 valence electrons. The van der Waals surface area contributed by atoms with Gasteiger partial charge in [-0.05, 0) is 0 Å². The zero-order chi connectivity index (χ0) is 19.1. The van der Waals surface area contributed by atoms with Crippen molar-refractivity contribution in [3.63, 3.8) is 0 Å². The Hall–Kier alpha value is -2.54. The molecule has 2 fully saturated rings. The minimum absolute atomic E-state index is 0.0723. The molecule has 12 heteroatoms. The summed E-state index contributed by atoms with van der Waals surface area (Å²) in [6.07, 6.45) is -2.67. The van der Waals surface area contributed by atoms with E-state index in [4.69, 9.17) is 4.74 Å². The van der Waals surface area contributed by atoms with E-state index in [0.29, 0.717) is 32.1 Å². The number of carbonyl (C=O) groups is 1. The largest absolute Gasteiger partial charge is 0.394 e. The molecule has 0 radical (unpaired) electrons. The normalized spacial score (nSPS) is 28.9. The second-order valence-corrected chi connectivity index (χ2v) is 6.54. The molecule has 2 aromatic heterocycles. The minimum Gasteiger partial charge on any atom is -0.394 e. The molecule has 0 aromatic carbocycles. The fourth-order valence-corrected chi connectivity index (χ4v) is 3.49. The van der Waals surface area contributed by atoms with Crippen molar-refractivity contribution in [1.29, 1.82) is 0 Å². The molecule has 4 atom stereocenters. The number of nitrogens with zero attached hydrogens (tertiary/aromatic N) is 5. The quantitative estimate of drug-likeness (QED) is 0.406. The van der Waals surface area contributed by atoms with Crippen molar-refractivity contribution in [2.45, 2.75) is 24.5 Å². The molecule has 0 bridgehead atoms. The smallest absolute Gasteiger partial charge is 0.278 e. The molecule has 0 spiro atoms. The lowest BCUT2D eigenvalue weighted by molar-refractivity contribution is -0.118. The number of hydrogen-bond donors (Lipinski definition) is 4. The predicted octanol–water partition coefficient (Wildman–Crippen LogP) is -2.99. The highest BCUT2D eigenvalue weighted by atomic mass is 16.6. The molecule has 2 aromatic rings. The summed E-state index contributed by atoms with van der Waals surface area (Å²) in [5.41, 5.74) is -0.178. The van der Waals surface area contributed by atoms with Gasteiger partial charge in [-0.15, -0.1) is 0 Å². The van der Waals surface area contributed by atoms with Gasteiger partial charge in [0.1, 0.15) is 18.3 Å². The Morgan fingerprint density at radius 3 is 2.63 bits per heavy atom. The van der Waals surface area contributed by atoms with Crippen molar-refractivity contribution in [2.75, 3.05) is 37.7 Å². The fraction of sp³-hybridized carbons (Fsp3) is 0.600. The molecule has 1 amide bonds. The van der Waals surface area contributed by atoms with Crippen LogP contribution in [0, 0.1) is 0 Å². The van der Waals surface area contributed by atoms with Gasteiger partial charge in [0.15, 0.2) is 17.4 Å². The van der Waals surface area contributed by atoms with Gasteiger partial charge in [0.05, 0.1) is 12.9 Å². The number of aromatic amines is 1. The number of rotatable bonds is 4. The van der Waals surface area contributed by atoms with E-state index in [9.17, 15) is 24.9 Å². The van der Waals surface area contributed by atoms with Crippen LogP contribution in [0.1, 0.15) is 6.23 Å². The molecule has 4 rings (SSSR count). The first-order valence-electron chi connectivity index (χ1n) is 8.57. The van der Waals surface area contributed by atoms with Crippen molar-refractivity contribution in [3.05, 3.63) is 16.7 Å². The van der Waals surface area contributed by atoms with Crippen molar-refractivity contribution in [3.8, 4) is 0 Å². The molecular weight excluding hydrogens is 360 g/mol. The maximum atomic E-state index is 12.2. The topological polar surface area (TPSA) is 157 Å².